The fourth-order valence-corrected chi connectivity index (χ4v) is 2.73. The summed E-state index contributed by atoms with van der Waals surface area (Å²) >= 11 is 24.7. The third kappa shape index (κ3) is 2.47. The van der Waals surface area contributed by atoms with E-state index in [1.807, 2.05) is 18.2 Å². The van der Waals surface area contributed by atoms with E-state index in [1.165, 1.54) is 0 Å². The first-order valence-electron chi connectivity index (χ1n) is 5.17. The molecule has 94 valence electrons. The van der Waals surface area contributed by atoms with Crippen molar-refractivity contribution in [2.24, 2.45) is 5.73 Å². The minimum Gasteiger partial charge on any atom is -0.326 e. The highest BCUT2D eigenvalue weighted by molar-refractivity contribution is 6.46. The van der Waals surface area contributed by atoms with E-state index in [0.717, 1.165) is 11.1 Å². The van der Waals surface area contributed by atoms with Crippen molar-refractivity contribution in [1.82, 2.24) is 0 Å². The summed E-state index contributed by atoms with van der Waals surface area (Å²) < 4.78 is 0. The predicted molar refractivity (Wildman–Crippen MR) is 79.8 cm³/mol. The maximum atomic E-state index is 6.30. The third-order valence-corrected chi connectivity index (χ3v) is 4.18. The quantitative estimate of drug-likeness (QED) is 0.734. The number of halogens is 4. The highest BCUT2D eigenvalue weighted by atomic mass is 35.5. The van der Waals surface area contributed by atoms with Crippen LogP contribution in [0.25, 0.3) is 11.1 Å². The van der Waals surface area contributed by atoms with Crippen LogP contribution in [0.3, 0.4) is 0 Å². The average Bonchev–Trinajstić information content (AvgIpc) is 2.36. The molecule has 0 aromatic heterocycles. The van der Waals surface area contributed by atoms with Gasteiger partial charge in [-0.05, 0) is 17.7 Å². The Morgan fingerprint density at radius 3 is 2.17 bits per heavy atom. The summed E-state index contributed by atoms with van der Waals surface area (Å²) in [6.45, 7) is 0.350. The fourth-order valence-electron chi connectivity index (χ4n) is 1.70. The van der Waals surface area contributed by atoms with E-state index < -0.39 is 0 Å². The Labute approximate surface area is 125 Å². The molecule has 0 atom stereocenters. The van der Waals surface area contributed by atoms with Crippen LogP contribution in [-0.2, 0) is 6.54 Å². The van der Waals surface area contributed by atoms with Gasteiger partial charge >= 0.3 is 0 Å². The van der Waals surface area contributed by atoms with Crippen LogP contribution < -0.4 is 5.73 Å². The molecule has 5 heteroatoms. The predicted octanol–water partition coefficient (Wildman–Crippen LogP) is 5.43. The summed E-state index contributed by atoms with van der Waals surface area (Å²) in [6, 6.07) is 8.90. The maximum Gasteiger partial charge on any atom is 0.0686 e. The highest BCUT2D eigenvalue weighted by Crippen LogP contribution is 2.42. The summed E-state index contributed by atoms with van der Waals surface area (Å²) in [6.07, 6.45) is 0. The van der Waals surface area contributed by atoms with Gasteiger partial charge in [0.15, 0.2) is 0 Å². The van der Waals surface area contributed by atoms with Gasteiger partial charge in [-0.3, -0.25) is 0 Å². The van der Waals surface area contributed by atoms with Crippen molar-refractivity contribution in [2.75, 3.05) is 0 Å². The van der Waals surface area contributed by atoms with Gasteiger partial charge in [0.25, 0.3) is 0 Å². The van der Waals surface area contributed by atoms with Crippen molar-refractivity contribution < 1.29 is 0 Å². The van der Waals surface area contributed by atoms with E-state index in [0.29, 0.717) is 32.2 Å². The lowest BCUT2D eigenvalue weighted by Gasteiger charge is -2.12. The summed E-state index contributed by atoms with van der Waals surface area (Å²) in [4.78, 5) is 0. The van der Waals surface area contributed by atoms with Gasteiger partial charge < -0.3 is 5.73 Å². The monoisotopic (exact) mass is 319 g/mol. The van der Waals surface area contributed by atoms with Crippen LogP contribution in [0, 0.1) is 0 Å². The lowest BCUT2D eigenvalue weighted by Crippen LogP contribution is -1.98. The molecule has 2 aromatic rings. The molecule has 1 nitrogen and oxygen atoms in total. The van der Waals surface area contributed by atoms with Gasteiger partial charge in [-0.25, -0.2) is 0 Å². The molecule has 0 aliphatic heterocycles. The van der Waals surface area contributed by atoms with Crippen molar-refractivity contribution >= 4 is 46.4 Å². The highest BCUT2D eigenvalue weighted by Gasteiger charge is 2.15. The fraction of sp³-hybridized carbons (Fsp3) is 0.0769. The lowest BCUT2D eigenvalue weighted by atomic mass is 10.0. The van der Waals surface area contributed by atoms with Crippen LogP contribution in [0.2, 0.25) is 20.1 Å². The zero-order valence-electron chi connectivity index (χ0n) is 9.18. The summed E-state index contributed by atoms with van der Waals surface area (Å²) in [5.74, 6) is 0. The third-order valence-electron chi connectivity index (χ3n) is 2.61. The molecule has 18 heavy (non-hydrogen) atoms. The van der Waals surface area contributed by atoms with Gasteiger partial charge in [0.2, 0.25) is 0 Å². The van der Waals surface area contributed by atoms with Crippen molar-refractivity contribution in [1.29, 1.82) is 0 Å². The van der Waals surface area contributed by atoms with E-state index in [2.05, 4.69) is 0 Å². The average molecular weight is 321 g/mol. The van der Waals surface area contributed by atoms with Crippen LogP contribution in [-0.4, -0.2) is 0 Å². The van der Waals surface area contributed by atoms with E-state index >= 15 is 0 Å². The summed E-state index contributed by atoms with van der Waals surface area (Å²) in [7, 11) is 0. The van der Waals surface area contributed by atoms with Gasteiger partial charge in [0.1, 0.15) is 0 Å². The number of rotatable bonds is 2. The minimum absolute atomic E-state index is 0.350. The Bertz CT molecular complexity index is 596. The zero-order chi connectivity index (χ0) is 13.3. The molecule has 2 N–H and O–H groups in total. The first-order chi connectivity index (χ1) is 8.56. The van der Waals surface area contributed by atoms with Gasteiger partial charge in [0, 0.05) is 17.7 Å². The van der Waals surface area contributed by atoms with Crippen molar-refractivity contribution in [2.45, 2.75) is 6.54 Å². The zero-order valence-corrected chi connectivity index (χ0v) is 12.2. The van der Waals surface area contributed by atoms with Gasteiger partial charge in [0.05, 0.1) is 20.1 Å². The topological polar surface area (TPSA) is 26.0 Å². The van der Waals surface area contributed by atoms with Crippen LogP contribution >= 0.6 is 46.4 Å². The molecule has 0 radical (unpaired) electrons. The van der Waals surface area contributed by atoms with Crippen LogP contribution in [0.1, 0.15) is 5.56 Å². The molecular weight excluding hydrogens is 312 g/mol. The Morgan fingerprint density at radius 2 is 1.50 bits per heavy atom. The smallest absolute Gasteiger partial charge is 0.0686 e. The molecule has 0 saturated heterocycles. The number of nitrogens with two attached hydrogens (primary N) is 1. The number of benzene rings is 2. The molecule has 0 aliphatic carbocycles. The van der Waals surface area contributed by atoms with E-state index in [1.54, 1.807) is 12.1 Å². The number of hydrogen-bond acceptors (Lipinski definition) is 1. The molecule has 0 amide bonds. The van der Waals surface area contributed by atoms with E-state index in [4.69, 9.17) is 52.1 Å². The molecule has 0 spiro atoms. The molecule has 0 saturated carbocycles. The minimum atomic E-state index is 0.350. The van der Waals surface area contributed by atoms with Crippen LogP contribution in [0.5, 0.6) is 0 Å². The Morgan fingerprint density at radius 1 is 0.833 bits per heavy atom. The van der Waals surface area contributed by atoms with Gasteiger partial charge in [-0.2, -0.15) is 0 Å². The van der Waals surface area contributed by atoms with Crippen LogP contribution in [0.15, 0.2) is 30.3 Å². The normalized spacial score (nSPS) is 10.7. The molecule has 0 fully saturated rings. The molecule has 0 bridgehead atoms. The summed E-state index contributed by atoms with van der Waals surface area (Å²) in [5.41, 5.74) is 7.83. The Balaban J connectivity index is 2.73. The SMILES string of the molecule is NCc1cccc(-c2c(Cl)ccc(Cl)c2Cl)c1Cl. The lowest BCUT2D eigenvalue weighted by molar-refractivity contribution is 1.07. The van der Waals surface area contributed by atoms with Gasteiger partial charge in [-0.1, -0.05) is 64.6 Å². The largest absolute Gasteiger partial charge is 0.326 e. The van der Waals surface area contributed by atoms with Crippen molar-refractivity contribution in [3.8, 4) is 11.1 Å². The van der Waals surface area contributed by atoms with E-state index in [9.17, 15) is 0 Å². The molecule has 0 heterocycles. The van der Waals surface area contributed by atoms with E-state index in [-0.39, 0.29) is 0 Å². The standard InChI is InChI=1S/C13H9Cl4N/c14-9-4-5-10(15)13(17)11(9)8-3-1-2-7(6-18)12(8)16/h1-5H,6,18H2. The first-order valence-corrected chi connectivity index (χ1v) is 6.68. The van der Waals surface area contributed by atoms with Crippen molar-refractivity contribution in [3.63, 3.8) is 0 Å². The molecule has 0 unspecified atom stereocenters. The number of hydrogen-bond donors (Lipinski definition) is 1. The Kier molecular flexibility index (Phi) is 4.41. The Hall–Kier alpha value is -0.440. The molecule has 2 aromatic carbocycles. The van der Waals surface area contributed by atoms with Crippen molar-refractivity contribution in [3.05, 3.63) is 56.0 Å². The van der Waals surface area contributed by atoms with Crippen LogP contribution in [0.4, 0.5) is 0 Å². The molecule has 2 rings (SSSR count). The molecule has 0 aliphatic rings. The van der Waals surface area contributed by atoms with Gasteiger partial charge in [-0.15, -0.1) is 0 Å². The summed E-state index contributed by atoms with van der Waals surface area (Å²) in [5, 5.41) is 1.87. The molecular formula is C13H9Cl4N. The second-order valence-electron chi connectivity index (χ2n) is 3.70. The first kappa shape index (κ1) is 14.0. The second kappa shape index (κ2) is 5.68. The second-order valence-corrected chi connectivity index (χ2v) is 5.27. The maximum absolute atomic E-state index is 6.30.